The summed E-state index contributed by atoms with van der Waals surface area (Å²) in [6, 6.07) is 0. The summed E-state index contributed by atoms with van der Waals surface area (Å²) >= 11 is 1.35. The fourth-order valence-corrected chi connectivity index (χ4v) is 2.63. The molecule has 1 N–H and O–H groups in total. The van der Waals surface area contributed by atoms with E-state index in [1.807, 2.05) is 6.92 Å². The van der Waals surface area contributed by atoms with Crippen molar-refractivity contribution in [2.45, 2.75) is 45.3 Å². The third-order valence-electron chi connectivity index (χ3n) is 2.49. The Bertz CT molecular complexity index is 389. The molecule has 0 bridgehead atoms. The van der Waals surface area contributed by atoms with Gasteiger partial charge in [0.15, 0.2) is 0 Å². The molecule has 0 saturated heterocycles. The summed E-state index contributed by atoms with van der Waals surface area (Å²) in [5.41, 5.74) is 0.908. The predicted octanol–water partition coefficient (Wildman–Crippen LogP) is 3.23. The summed E-state index contributed by atoms with van der Waals surface area (Å²) in [5.74, 6) is -4.11. The maximum atomic E-state index is 12.7. The van der Waals surface area contributed by atoms with Gasteiger partial charge in [0, 0.05) is 11.4 Å². The molecule has 0 amide bonds. The number of thiazole rings is 1. The average Bonchev–Trinajstić information content (AvgIpc) is 2.72. The monoisotopic (exact) mass is 314 g/mol. The van der Waals surface area contributed by atoms with Crippen molar-refractivity contribution in [1.82, 2.24) is 10.3 Å². The molecule has 0 unspecified atom stereocenters. The number of rotatable bonds is 9. The minimum atomic E-state index is -4.11. The molecule has 0 spiro atoms. The van der Waals surface area contributed by atoms with E-state index in [1.165, 1.54) is 11.3 Å². The lowest BCUT2D eigenvalue weighted by Crippen LogP contribution is -2.32. The van der Waals surface area contributed by atoms with Gasteiger partial charge < -0.3 is 10.1 Å². The average molecular weight is 314 g/mol. The van der Waals surface area contributed by atoms with Crippen LogP contribution in [0.2, 0.25) is 0 Å². The summed E-state index contributed by atoms with van der Waals surface area (Å²) in [6.07, 6.45) is -2.00. The zero-order valence-corrected chi connectivity index (χ0v) is 12.2. The number of nitrogens with zero attached hydrogens (tertiary/aromatic N) is 1. The van der Waals surface area contributed by atoms with Gasteiger partial charge in [0.05, 0.1) is 12.3 Å². The Labute approximate surface area is 119 Å². The summed E-state index contributed by atoms with van der Waals surface area (Å²) < 4.78 is 53.9. The molecule has 0 aliphatic heterocycles. The highest BCUT2D eigenvalue weighted by Gasteiger charge is 2.41. The van der Waals surface area contributed by atoms with Crippen LogP contribution >= 0.6 is 11.3 Å². The number of nitrogens with one attached hydrogen (secondary N) is 1. The molecular weight excluding hydrogens is 296 g/mol. The molecule has 0 aliphatic carbocycles. The van der Waals surface area contributed by atoms with Crippen LogP contribution in [0.25, 0.3) is 0 Å². The van der Waals surface area contributed by atoms with Crippen LogP contribution in [-0.2, 0) is 24.3 Å². The normalized spacial score (nSPS) is 12.3. The van der Waals surface area contributed by atoms with Gasteiger partial charge in [-0.15, -0.1) is 11.3 Å². The Kier molecular flexibility index (Phi) is 6.84. The molecule has 0 aliphatic rings. The quantitative estimate of drug-likeness (QED) is 0.711. The van der Waals surface area contributed by atoms with Gasteiger partial charge in [-0.2, -0.15) is 8.78 Å². The van der Waals surface area contributed by atoms with Crippen LogP contribution in [0, 0.1) is 0 Å². The van der Waals surface area contributed by atoms with Gasteiger partial charge in [0.1, 0.15) is 11.6 Å². The van der Waals surface area contributed by atoms with Gasteiger partial charge in [-0.05, 0) is 13.5 Å². The fourth-order valence-electron chi connectivity index (χ4n) is 1.57. The van der Waals surface area contributed by atoms with E-state index >= 15 is 0 Å². The second kappa shape index (κ2) is 7.90. The summed E-state index contributed by atoms with van der Waals surface area (Å²) in [5, 5.41) is 3.53. The third kappa shape index (κ3) is 4.99. The van der Waals surface area contributed by atoms with E-state index < -0.39 is 19.0 Å². The second-order valence-electron chi connectivity index (χ2n) is 4.31. The molecule has 1 rings (SSSR count). The van der Waals surface area contributed by atoms with Crippen LogP contribution in [0.5, 0.6) is 0 Å². The van der Waals surface area contributed by atoms with E-state index in [0.29, 0.717) is 11.6 Å². The minimum Gasteiger partial charge on any atom is -0.368 e. The minimum absolute atomic E-state index is 0.173. The van der Waals surface area contributed by atoms with Crippen molar-refractivity contribution in [3.8, 4) is 0 Å². The van der Waals surface area contributed by atoms with Gasteiger partial charge in [-0.3, -0.25) is 0 Å². The summed E-state index contributed by atoms with van der Waals surface area (Å²) in [7, 11) is 1.80. The summed E-state index contributed by atoms with van der Waals surface area (Å²) in [4.78, 5) is 5.33. The molecule has 1 heterocycles. The number of ether oxygens (including phenoxy) is 1. The van der Waals surface area contributed by atoms with Gasteiger partial charge in [-0.25, -0.2) is 13.8 Å². The van der Waals surface area contributed by atoms with E-state index in [-0.39, 0.29) is 6.61 Å². The van der Waals surface area contributed by atoms with Crippen molar-refractivity contribution in [2.24, 2.45) is 0 Å². The SMILES string of the molecule is CCCc1nc(COCC(F)(F)C(F)F)sc1CNC. The van der Waals surface area contributed by atoms with Crippen molar-refractivity contribution in [3.63, 3.8) is 0 Å². The third-order valence-corrected chi connectivity index (χ3v) is 3.56. The molecule has 1 aromatic heterocycles. The number of hydrogen-bond acceptors (Lipinski definition) is 4. The lowest BCUT2D eigenvalue weighted by Gasteiger charge is -2.14. The number of aryl methyl sites for hydroxylation is 1. The van der Waals surface area contributed by atoms with E-state index in [4.69, 9.17) is 0 Å². The molecule has 116 valence electrons. The standard InChI is InChI=1S/C12H18F4N2OS/c1-3-4-8-9(5-17-2)20-10(18-8)6-19-7-12(15,16)11(13)14/h11,17H,3-7H2,1-2H3. The first-order valence-corrected chi connectivity index (χ1v) is 7.08. The van der Waals surface area contributed by atoms with Gasteiger partial charge in [-0.1, -0.05) is 13.3 Å². The molecule has 8 heteroatoms. The van der Waals surface area contributed by atoms with Crippen LogP contribution in [0.4, 0.5) is 17.6 Å². The molecule has 0 radical (unpaired) electrons. The van der Waals surface area contributed by atoms with E-state index in [0.717, 1.165) is 23.4 Å². The van der Waals surface area contributed by atoms with E-state index in [9.17, 15) is 17.6 Å². The van der Waals surface area contributed by atoms with Crippen molar-refractivity contribution >= 4 is 11.3 Å². The largest absolute Gasteiger partial charge is 0.368 e. The molecular formula is C12H18F4N2OS. The first kappa shape index (κ1) is 17.3. The lowest BCUT2D eigenvalue weighted by molar-refractivity contribution is -0.168. The first-order chi connectivity index (χ1) is 9.40. The van der Waals surface area contributed by atoms with Gasteiger partial charge in [0.2, 0.25) is 0 Å². The van der Waals surface area contributed by atoms with E-state index in [1.54, 1.807) is 7.05 Å². The highest BCUT2D eigenvalue weighted by Crippen LogP contribution is 2.25. The molecule has 20 heavy (non-hydrogen) atoms. The smallest absolute Gasteiger partial charge is 0.330 e. The highest BCUT2D eigenvalue weighted by molar-refractivity contribution is 7.11. The van der Waals surface area contributed by atoms with Crippen molar-refractivity contribution in [3.05, 3.63) is 15.6 Å². The van der Waals surface area contributed by atoms with Crippen LogP contribution < -0.4 is 5.32 Å². The number of aromatic nitrogens is 1. The first-order valence-electron chi connectivity index (χ1n) is 6.26. The van der Waals surface area contributed by atoms with Gasteiger partial charge in [0.25, 0.3) is 0 Å². The Morgan fingerprint density at radius 2 is 2.10 bits per heavy atom. The topological polar surface area (TPSA) is 34.1 Å². The van der Waals surface area contributed by atoms with Crippen molar-refractivity contribution < 1.29 is 22.3 Å². The maximum Gasteiger partial charge on any atom is 0.330 e. The Balaban J connectivity index is 2.58. The highest BCUT2D eigenvalue weighted by atomic mass is 32.1. The number of hydrogen-bond donors (Lipinski definition) is 1. The van der Waals surface area contributed by atoms with Crippen LogP contribution in [0.15, 0.2) is 0 Å². The molecule has 0 saturated carbocycles. The van der Waals surface area contributed by atoms with Crippen molar-refractivity contribution in [2.75, 3.05) is 13.7 Å². The summed E-state index contributed by atoms with van der Waals surface area (Å²) in [6.45, 7) is 1.18. The Hall–Kier alpha value is -0.730. The van der Waals surface area contributed by atoms with Crippen LogP contribution in [-0.4, -0.2) is 31.0 Å². The lowest BCUT2D eigenvalue weighted by atomic mass is 10.2. The van der Waals surface area contributed by atoms with E-state index in [2.05, 4.69) is 15.0 Å². The zero-order valence-electron chi connectivity index (χ0n) is 11.4. The Morgan fingerprint density at radius 3 is 2.65 bits per heavy atom. The maximum absolute atomic E-state index is 12.7. The fraction of sp³-hybridized carbons (Fsp3) is 0.750. The number of alkyl halides is 4. The Morgan fingerprint density at radius 1 is 1.40 bits per heavy atom. The van der Waals surface area contributed by atoms with Crippen molar-refractivity contribution in [1.29, 1.82) is 0 Å². The molecule has 0 atom stereocenters. The zero-order chi connectivity index (χ0) is 15.2. The second-order valence-corrected chi connectivity index (χ2v) is 5.48. The molecule has 1 aromatic rings. The predicted molar refractivity (Wildman–Crippen MR) is 69.5 cm³/mol. The number of halogens is 4. The molecule has 0 aromatic carbocycles. The van der Waals surface area contributed by atoms with Crippen LogP contribution in [0.1, 0.15) is 28.9 Å². The van der Waals surface area contributed by atoms with Crippen LogP contribution in [0.3, 0.4) is 0 Å². The van der Waals surface area contributed by atoms with Gasteiger partial charge >= 0.3 is 12.3 Å². The molecule has 3 nitrogen and oxygen atoms in total. The molecule has 0 fully saturated rings.